The molecule has 0 saturated heterocycles. The highest BCUT2D eigenvalue weighted by atomic mass is 19.1. The third kappa shape index (κ3) is 3.40. The number of aryl methyl sites for hydroxylation is 1. The minimum Gasteiger partial charge on any atom is -0.481 e. The molecular weight excluding hydrogens is 347 g/mol. The van der Waals surface area contributed by atoms with Crippen LogP contribution in [0.25, 0.3) is 21.9 Å². The SMILES string of the molecule is CCCNC(=O)c1ncc2c(-c3ccc(C)nc3OC)c(F)ccc2c1N. The second-order valence-electron chi connectivity index (χ2n) is 6.17. The van der Waals surface area contributed by atoms with Crippen LogP contribution in [-0.2, 0) is 0 Å². The molecular formula is C20H21FN4O2. The summed E-state index contributed by atoms with van der Waals surface area (Å²) in [6.45, 7) is 4.31. The highest BCUT2D eigenvalue weighted by Crippen LogP contribution is 2.38. The van der Waals surface area contributed by atoms with Crippen molar-refractivity contribution in [3.8, 4) is 17.0 Å². The van der Waals surface area contributed by atoms with Crippen molar-refractivity contribution in [3.05, 3.63) is 47.7 Å². The molecule has 27 heavy (non-hydrogen) atoms. The van der Waals surface area contributed by atoms with Crippen molar-refractivity contribution < 1.29 is 13.9 Å². The Hall–Kier alpha value is -3.22. The number of hydrogen-bond acceptors (Lipinski definition) is 5. The summed E-state index contributed by atoms with van der Waals surface area (Å²) in [4.78, 5) is 20.8. The number of methoxy groups -OCH3 is 1. The fraction of sp³-hybridized carbons (Fsp3) is 0.250. The van der Waals surface area contributed by atoms with Crippen LogP contribution >= 0.6 is 0 Å². The molecule has 0 fully saturated rings. The molecule has 0 spiro atoms. The van der Waals surface area contributed by atoms with Crippen molar-refractivity contribution in [1.29, 1.82) is 0 Å². The highest BCUT2D eigenvalue weighted by molar-refractivity contribution is 6.09. The standard InChI is InChI=1S/C20H21FN4O2/c1-4-9-23-19(26)18-17(22)12-7-8-15(21)16(14(12)10-24-18)13-6-5-11(2)25-20(13)27-3/h5-8,10H,4,9,22H2,1-3H3,(H,23,26). The Bertz CT molecular complexity index is 1020. The van der Waals surface area contributed by atoms with Gasteiger partial charge in [0.15, 0.2) is 5.69 Å². The van der Waals surface area contributed by atoms with Crippen LogP contribution in [0.4, 0.5) is 10.1 Å². The van der Waals surface area contributed by atoms with Crippen molar-refractivity contribution in [1.82, 2.24) is 15.3 Å². The average molecular weight is 368 g/mol. The molecule has 3 N–H and O–H groups in total. The van der Waals surface area contributed by atoms with E-state index in [0.717, 1.165) is 12.1 Å². The predicted molar refractivity (Wildman–Crippen MR) is 103 cm³/mol. The summed E-state index contributed by atoms with van der Waals surface area (Å²) in [7, 11) is 1.48. The topological polar surface area (TPSA) is 90.1 Å². The Labute approximate surface area is 156 Å². The molecule has 1 aromatic carbocycles. The maximum atomic E-state index is 14.7. The zero-order valence-electron chi connectivity index (χ0n) is 15.5. The number of rotatable bonds is 5. The second kappa shape index (κ2) is 7.57. The molecule has 3 rings (SSSR count). The largest absolute Gasteiger partial charge is 0.481 e. The van der Waals surface area contributed by atoms with Gasteiger partial charge in [0.1, 0.15) is 5.82 Å². The van der Waals surface area contributed by atoms with E-state index >= 15 is 0 Å². The van der Waals surface area contributed by atoms with Crippen LogP contribution in [-0.4, -0.2) is 29.5 Å². The van der Waals surface area contributed by atoms with Gasteiger partial charge in [0.05, 0.1) is 12.8 Å². The number of nitrogens with two attached hydrogens (primary N) is 1. The van der Waals surface area contributed by atoms with Gasteiger partial charge in [0, 0.05) is 40.3 Å². The summed E-state index contributed by atoms with van der Waals surface area (Å²) in [5.74, 6) is -0.489. The fourth-order valence-corrected chi connectivity index (χ4v) is 2.94. The molecule has 0 radical (unpaired) electrons. The lowest BCUT2D eigenvalue weighted by atomic mass is 9.98. The molecule has 7 heteroatoms. The monoisotopic (exact) mass is 368 g/mol. The lowest BCUT2D eigenvalue weighted by molar-refractivity contribution is 0.0950. The maximum Gasteiger partial charge on any atom is 0.272 e. The van der Waals surface area contributed by atoms with Gasteiger partial charge in [0.2, 0.25) is 5.88 Å². The van der Waals surface area contributed by atoms with Gasteiger partial charge in [-0.05, 0) is 37.6 Å². The number of aromatic nitrogens is 2. The van der Waals surface area contributed by atoms with E-state index in [9.17, 15) is 9.18 Å². The van der Waals surface area contributed by atoms with Gasteiger partial charge < -0.3 is 15.8 Å². The first-order chi connectivity index (χ1) is 13.0. The van der Waals surface area contributed by atoms with Crippen LogP contribution in [0.2, 0.25) is 0 Å². The van der Waals surface area contributed by atoms with Gasteiger partial charge in [-0.3, -0.25) is 4.79 Å². The lowest BCUT2D eigenvalue weighted by Gasteiger charge is -2.14. The number of ether oxygens (including phenoxy) is 1. The third-order valence-corrected chi connectivity index (χ3v) is 4.28. The molecule has 6 nitrogen and oxygen atoms in total. The number of amides is 1. The lowest BCUT2D eigenvalue weighted by Crippen LogP contribution is -2.26. The number of halogens is 1. The number of nitrogens with one attached hydrogen (secondary N) is 1. The molecule has 1 amide bonds. The van der Waals surface area contributed by atoms with Gasteiger partial charge in [-0.25, -0.2) is 14.4 Å². The number of nitrogen functional groups attached to an aromatic ring is 1. The first-order valence-electron chi connectivity index (χ1n) is 8.64. The van der Waals surface area contributed by atoms with Crippen LogP contribution in [0.5, 0.6) is 5.88 Å². The molecule has 2 heterocycles. The molecule has 0 aliphatic carbocycles. The van der Waals surface area contributed by atoms with Crippen molar-refractivity contribution in [2.24, 2.45) is 0 Å². The summed E-state index contributed by atoms with van der Waals surface area (Å²) in [6.07, 6.45) is 2.26. The van der Waals surface area contributed by atoms with Gasteiger partial charge in [-0.1, -0.05) is 6.92 Å². The molecule has 140 valence electrons. The minimum atomic E-state index is -0.448. The van der Waals surface area contributed by atoms with Crippen LogP contribution in [0.3, 0.4) is 0 Å². The third-order valence-electron chi connectivity index (χ3n) is 4.28. The van der Waals surface area contributed by atoms with E-state index in [1.807, 2.05) is 13.8 Å². The number of hydrogen-bond donors (Lipinski definition) is 2. The van der Waals surface area contributed by atoms with Crippen molar-refractivity contribution >= 4 is 22.4 Å². The highest BCUT2D eigenvalue weighted by Gasteiger charge is 2.20. The van der Waals surface area contributed by atoms with E-state index in [1.165, 1.54) is 19.4 Å². The van der Waals surface area contributed by atoms with E-state index in [-0.39, 0.29) is 22.9 Å². The fourth-order valence-electron chi connectivity index (χ4n) is 2.94. The summed E-state index contributed by atoms with van der Waals surface area (Å²) in [5.41, 5.74) is 8.07. The number of nitrogens with zero attached hydrogens (tertiary/aromatic N) is 2. The van der Waals surface area contributed by atoms with Gasteiger partial charge in [-0.15, -0.1) is 0 Å². The smallest absolute Gasteiger partial charge is 0.272 e. The first kappa shape index (κ1) is 18.6. The number of benzene rings is 1. The molecule has 0 atom stereocenters. The predicted octanol–water partition coefficient (Wildman–Crippen LogP) is 3.47. The Morgan fingerprint density at radius 1 is 1.26 bits per heavy atom. The van der Waals surface area contributed by atoms with Gasteiger partial charge in [-0.2, -0.15) is 0 Å². The maximum absolute atomic E-state index is 14.7. The van der Waals surface area contributed by atoms with Crippen LogP contribution in [0.1, 0.15) is 29.5 Å². The summed E-state index contributed by atoms with van der Waals surface area (Å²) in [5, 5.41) is 3.79. The van der Waals surface area contributed by atoms with Crippen LogP contribution in [0.15, 0.2) is 30.5 Å². The van der Waals surface area contributed by atoms with E-state index in [1.54, 1.807) is 18.2 Å². The second-order valence-corrected chi connectivity index (χ2v) is 6.17. The molecule has 3 aromatic rings. The van der Waals surface area contributed by atoms with Gasteiger partial charge in [0.25, 0.3) is 5.91 Å². The zero-order valence-corrected chi connectivity index (χ0v) is 15.5. The number of carbonyl (C=O) groups excluding carboxylic acids is 1. The number of pyridine rings is 2. The Morgan fingerprint density at radius 2 is 2.04 bits per heavy atom. The minimum absolute atomic E-state index is 0.127. The van der Waals surface area contributed by atoms with Crippen molar-refractivity contribution in [2.45, 2.75) is 20.3 Å². The summed E-state index contributed by atoms with van der Waals surface area (Å²) >= 11 is 0. The Balaban J connectivity index is 2.22. The average Bonchev–Trinajstić information content (AvgIpc) is 2.66. The van der Waals surface area contributed by atoms with Gasteiger partial charge >= 0.3 is 0 Å². The number of fused-ring (bicyclic) bond motifs is 1. The molecule has 0 unspecified atom stereocenters. The first-order valence-corrected chi connectivity index (χ1v) is 8.64. The Kier molecular flexibility index (Phi) is 5.21. The van der Waals surface area contributed by atoms with E-state index < -0.39 is 5.82 Å². The summed E-state index contributed by atoms with van der Waals surface area (Å²) in [6, 6.07) is 6.40. The molecule has 2 aromatic heterocycles. The Morgan fingerprint density at radius 3 is 2.74 bits per heavy atom. The quantitative estimate of drug-likeness (QED) is 0.720. The van der Waals surface area contributed by atoms with E-state index in [2.05, 4.69) is 15.3 Å². The van der Waals surface area contributed by atoms with Crippen LogP contribution < -0.4 is 15.8 Å². The molecule has 0 bridgehead atoms. The van der Waals surface area contributed by atoms with Crippen molar-refractivity contribution in [3.63, 3.8) is 0 Å². The molecule has 0 saturated carbocycles. The van der Waals surface area contributed by atoms with Crippen molar-refractivity contribution in [2.75, 3.05) is 19.4 Å². The van der Waals surface area contributed by atoms with Crippen LogP contribution in [0, 0.1) is 12.7 Å². The molecule has 0 aliphatic rings. The van der Waals surface area contributed by atoms with E-state index in [0.29, 0.717) is 28.8 Å². The number of carbonyl (C=O) groups is 1. The zero-order chi connectivity index (χ0) is 19.6. The normalized spacial score (nSPS) is 10.8. The molecule has 0 aliphatic heterocycles. The summed E-state index contributed by atoms with van der Waals surface area (Å²) < 4.78 is 20.1. The van der Waals surface area contributed by atoms with E-state index in [4.69, 9.17) is 10.5 Å². The number of anilines is 1.